The van der Waals surface area contributed by atoms with E-state index in [1.807, 2.05) is 29.2 Å². The molecule has 0 saturated heterocycles. The first-order valence-corrected chi connectivity index (χ1v) is 7.52. The summed E-state index contributed by atoms with van der Waals surface area (Å²) >= 11 is 6.13. The van der Waals surface area contributed by atoms with Crippen LogP contribution in [-0.4, -0.2) is 29.1 Å². The van der Waals surface area contributed by atoms with Gasteiger partial charge in [-0.25, -0.2) is 0 Å². The summed E-state index contributed by atoms with van der Waals surface area (Å²) in [5.74, 6) is -0.843. The van der Waals surface area contributed by atoms with E-state index in [1.54, 1.807) is 12.1 Å². The normalized spacial score (nSPS) is 18.0. The lowest BCUT2D eigenvalue weighted by molar-refractivity contribution is -0.138. The third-order valence-corrected chi connectivity index (χ3v) is 4.30. The van der Waals surface area contributed by atoms with Gasteiger partial charge >= 0.3 is 5.97 Å². The first-order chi connectivity index (χ1) is 10.6. The summed E-state index contributed by atoms with van der Waals surface area (Å²) in [4.78, 5) is 13.1. The molecule has 0 radical (unpaired) electrons. The van der Waals surface area contributed by atoms with Gasteiger partial charge in [0, 0.05) is 17.3 Å². The molecule has 1 aliphatic rings. The Balaban J connectivity index is 2.13. The predicted octanol–water partition coefficient (Wildman–Crippen LogP) is 2.95. The zero-order valence-electron chi connectivity index (χ0n) is 12.0. The molecule has 0 fully saturated rings. The quantitative estimate of drug-likeness (QED) is 0.854. The van der Waals surface area contributed by atoms with Crippen LogP contribution in [0.15, 0.2) is 42.5 Å². The lowest BCUT2D eigenvalue weighted by atomic mass is 9.87. The molecule has 1 aliphatic heterocycles. The third kappa shape index (κ3) is 2.80. The van der Waals surface area contributed by atoms with Gasteiger partial charge in [0.15, 0.2) is 0 Å². The number of hydrogen-bond acceptors (Lipinski definition) is 3. The zero-order valence-corrected chi connectivity index (χ0v) is 12.8. The van der Waals surface area contributed by atoms with Crippen LogP contribution in [0.2, 0.25) is 5.02 Å². The van der Waals surface area contributed by atoms with Gasteiger partial charge in [-0.2, -0.15) is 0 Å². The number of nitrogens with two attached hydrogens (primary N) is 1. The van der Waals surface area contributed by atoms with Crippen molar-refractivity contribution in [2.24, 2.45) is 0 Å². The van der Waals surface area contributed by atoms with Crippen molar-refractivity contribution in [3.05, 3.63) is 64.2 Å². The van der Waals surface area contributed by atoms with E-state index in [0.29, 0.717) is 17.3 Å². The van der Waals surface area contributed by atoms with Crippen LogP contribution in [0.25, 0.3) is 0 Å². The van der Waals surface area contributed by atoms with Crippen LogP contribution < -0.4 is 5.73 Å². The van der Waals surface area contributed by atoms with Gasteiger partial charge in [0.2, 0.25) is 0 Å². The highest BCUT2D eigenvalue weighted by Gasteiger charge is 2.31. The number of hydrogen-bond donors (Lipinski definition) is 2. The Morgan fingerprint density at radius 1 is 1.27 bits per heavy atom. The van der Waals surface area contributed by atoms with Crippen LogP contribution in [0, 0.1) is 0 Å². The smallest absolute Gasteiger partial charge is 0.317 e. The van der Waals surface area contributed by atoms with Crippen molar-refractivity contribution < 1.29 is 9.90 Å². The molecule has 1 unspecified atom stereocenters. The fourth-order valence-corrected chi connectivity index (χ4v) is 3.29. The highest BCUT2D eigenvalue weighted by Crippen LogP contribution is 2.38. The Morgan fingerprint density at radius 2 is 2.05 bits per heavy atom. The molecule has 0 aromatic heterocycles. The molecule has 3 rings (SSSR count). The summed E-state index contributed by atoms with van der Waals surface area (Å²) in [6, 6.07) is 13.3. The number of carboxylic acid groups (broad SMARTS) is 1. The highest BCUT2D eigenvalue weighted by atomic mass is 35.5. The first-order valence-electron chi connectivity index (χ1n) is 7.15. The standard InChI is InChI=1S/C17H17ClN2O2/c18-12-5-6-15(19)14(9-12)17-13-4-2-1-3-11(13)7-8-20(17)10-16(21)22/h1-6,9,17H,7-8,10,19H2,(H,21,22). The summed E-state index contributed by atoms with van der Waals surface area (Å²) in [6.45, 7) is 0.658. The number of fused-ring (bicyclic) bond motifs is 1. The van der Waals surface area contributed by atoms with Crippen LogP contribution in [-0.2, 0) is 11.2 Å². The minimum Gasteiger partial charge on any atom is -0.480 e. The first kappa shape index (κ1) is 14.9. The SMILES string of the molecule is Nc1ccc(Cl)cc1C1c2ccccc2CCN1CC(=O)O. The fourth-order valence-electron chi connectivity index (χ4n) is 3.11. The van der Waals surface area contributed by atoms with E-state index in [0.717, 1.165) is 17.5 Å². The second-order valence-corrected chi connectivity index (χ2v) is 5.93. The lowest BCUT2D eigenvalue weighted by Crippen LogP contribution is -2.39. The van der Waals surface area contributed by atoms with Gasteiger partial charge < -0.3 is 10.8 Å². The minimum absolute atomic E-state index is 0.0229. The summed E-state index contributed by atoms with van der Waals surface area (Å²) in [5.41, 5.74) is 9.96. The number of carbonyl (C=O) groups is 1. The molecule has 1 heterocycles. The number of benzene rings is 2. The number of anilines is 1. The maximum absolute atomic E-state index is 11.2. The largest absolute Gasteiger partial charge is 0.480 e. The van der Waals surface area contributed by atoms with E-state index < -0.39 is 5.97 Å². The molecule has 22 heavy (non-hydrogen) atoms. The average Bonchev–Trinajstić information content (AvgIpc) is 2.49. The number of rotatable bonds is 3. The summed E-state index contributed by atoms with van der Waals surface area (Å²) < 4.78 is 0. The van der Waals surface area contributed by atoms with Crippen molar-refractivity contribution in [1.29, 1.82) is 0 Å². The van der Waals surface area contributed by atoms with Gasteiger partial charge in [0.25, 0.3) is 0 Å². The van der Waals surface area contributed by atoms with Crippen molar-refractivity contribution in [1.82, 2.24) is 4.90 Å². The highest BCUT2D eigenvalue weighted by molar-refractivity contribution is 6.30. The van der Waals surface area contributed by atoms with Crippen LogP contribution in [0.3, 0.4) is 0 Å². The van der Waals surface area contributed by atoms with E-state index >= 15 is 0 Å². The number of halogens is 1. The minimum atomic E-state index is -0.843. The Bertz CT molecular complexity index is 718. The van der Waals surface area contributed by atoms with Crippen LogP contribution in [0.1, 0.15) is 22.7 Å². The van der Waals surface area contributed by atoms with Gasteiger partial charge in [-0.15, -0.1) is 0 Å². The van der Waals surface area contributed by atoms with Crippen molar-refractivity contribution in [3.63, 3.8) is 0 Å². The molecule has 2 aromatic carbocycles. The summed E-state index contributed by atoms with van der Waals surface area (Å²) in [5, 5.41) is 9.80. The molecular formula is C17H17ClN2O2. The lowest BCUT2D eigenvalue weighted by Gasteiger charge is -2.37. The molecule has 4 nitrogen and oxygen atoms in total. The molecule has 0 spiro atoms. The Labute approximate surface area is 134 Å². The van der Waals surface area contributed by atoms with E-state index in [4.69, 9.17) is 17.3 Å². The molecule has 0 bridgehead atoms. The second-order valence-electron chi connectivity index (χ2n) is 5.49. The molecule has 1 atom stereocenters. The third-order valence-electron chi connectivity index (χ3n) is 4.06. The van der Waals surface area contributed by atoms with E-state index in [2.05, 4.69) is 6.07 Å². The second kappa shape index (κ2) is 5.99. The maximum Gasteiger partial charge on any atom is 0.317 e. The van der Waals surface area contributed by atoms with Gasteiger partial charge in [-0.3, -0.25) is 9.69 Å². The van der Waals surface area contributed by atoms with Crippen molar-refractivity contribution >= 4 is 23.3 Å². The Morgan fingerprint density at radius 3 is 2.82 bits per heavy atom. The number of nitrogens with zero attached hydrogens (tertiary/aromatic N) is 1. The summed E-state index contributed by atoms with van der Waals surface area (Å²) in [7, 11) is 0. The molecule has 0 amide bonds. The van der Waals surface area contributed by atoms with Crippen molar-refractivity contribution in [2.45, 2.75) is 12.5 Å². The zero-order chi connectivity index (χ0) is 15.7. The Kier molecular flexibility index (Phi) is 4.05. The van der Waals surface area contributed by atoms with Crippen LogP contribution in [0.4, 0.5) is 5.69 Å². The van der Waals surface area contributed by atoms with Gasteiger partial charge in [0.05, 0.1) is 12.6 Å². The van der Waals surface area contributed by atoms with Gasteiger partial charge in [0.1, 0.15) is 0 Å². The van der Waals surface area contributed by atoms with Gasteiger partial charge in [-0.1, -0.05) is 35.9 Å². The Hall–Kier alpha value is -2.04. The predicted molar refractivity (Wildman–Crippen MR) is 87.1 cm³/mol. The number of carboxylic acids is 1. The topological polar surface area (TPSA) is 66.6 Å². The van der Waals surface area contributed by atoms with E-state index in [9.17, 15) is 9.90 Å². The molecular weight excluding hydrogens is 300 g/mol. The van der Waals surface area contributed by atoms with Crippen molar-refractivity contribution in [3.8, 4) is 0 Å². The molecule has 0 saturated carbocycles. The van der Waals surface area contributed by atoms with E-state index in [-0.39, 0.29) is 12.6 Å². The number of aliphatic carboxylic acids is 1. The molecule has 3 N–H and O–H groups in total. The number of nitrogen functional groups attached to an aromatic ring is 1. The van der Waals surface area contributed by atoms with E-state index in [1.165, 1.54) is 5.56 Å². The van der Waals surface area contributed by atoms with Gasteiger partial charge in [-0.05, 0) is 41.3 Å². The van der Waals surface area contributed by atoms with Crippen LogP contribution >= 0.6 is 11.6 Å². The summed E-state index contributed by atoms with van der Waals surface area (Å²) in [6.07, 6.45) is 0.834. The molecule has 114 valence electrons. The monoisotopic (exact) mass is 316 g/mol. The van der Waals surface area contributed by atoms with Crippen molar-refractivity contribution in [2.75, 3.05) is 18.8 Å². The fraction of sp³-hybridized carbons (Fsp3) is 0.235. The maximum atomic E-state index is 11.2. The molecule has 2 aromatic rings. The van der Waals surface area contributed by atoms with Crippen LogP contribution in [0.5, 0.6) is 0 Å². The molecule has 0 aliphatic carbocycles. The molecule has 5 heteroatoms. The average molecular weight is 317 g/mol.